The Bertz CT molecular complexity index is 1570. The van der Waals surface area contributed by atoms with Gasteiger partial charge in [-0.3, -0.25) is 4.40 Å². The standard InChI is InChI=1S/C34H36N4O2/c1-33(2,3)40-32(39)36-34(19-11-20-34)27-16-14-25(15-17-27)30-31(26-12-7-6-8-13-26)38-23-18-28(24-29(38)35-30)37-21-9-4-5-10-22-37/h4-9,12-18,21,23-24H,10-11,19-20,22H2,1-3H3,(H,36,39). The molecule has 40 heavy (non-hydrogen) atoms. The van der Waals surface area contributed by atoms with Crippen molar-refractivity contribution in [1.29, 1.82) is 0 Å². The van der Waals surface area contributed by atoms with Gasteiger partial charge in [0.1, 0.15) is 11.2 Å². The number of aromatic nitrogens is 2. The van der Waals surface area contributed by atoms with Crippen molar-refractivity contribution in [2.45, 2.75) is 57.6 Å². The quantitative estimate of drug-likeness (QED) is 0.284. The summed E-state index contributed by atoms with van der Waals surface area (Å²) >= 11 is 0. The summed E-state index contributed by atoms with van der Waals surface area (Å²) in [4.78, 5) is 20.1. The van der Waals surface area contributed by atoms with Gasteiger partial charge in [-0.15, -0.1) is 0 Å². The number of nitrogens with zero attached hydrogens (tertiary/aromatic N) is 3. The molecule has 2 aliphatic rings. The largest absolute Gasteiger partial charge is 0.444 e. The Kier molecular flexibility index (Phi) is 6.70. The highest BCUT2D eigenvalue weighted by molar-refractivity contribution is 5.83. The molecule has 2 aromatic heterocycles. The molecule has 2 aromatic carbocycles. The monoisotopic (exact) mass is 532 g/mol. The minimum atomic E-state index is -0.532. The summed E-state index contributed by atoms with van der Waals surface area (Å²) in [5.74, 6) is 0. The maximum atomic E-state index is 12.6. The van der Waals surface area contributed by atoms with E-state index in [1.165, 1.54) is 0 Å². The van der Waals surface area contributed by atoms with Crippen LogP contribution in [-0.2, 0) is 10.3 Å². The van der Waals surface area contributed by atoms with E-state index in [0.717, 1.165) is 71.6 Å². The van der Waals surface area contributed by atoms with Gasteiger partial charge in [0.15, 0.2) is 0 Å². The number of fused-ring (bicyclic) bond motifs is 1. The van der Waals surface area contributed by atoms with E-state index in [-0.39, 0.29) is 11.6 Å². The fourth-order valence-electron chi connectivity index (χ4n) is 5.58. The number of nitrogens with one attached hydrogen (secondary N) is 1. The van der Waals surface area contributed by atoms with Crippen LogP contribution in [0.2, 0.25) is 0 Å². The summed E-state index contributed by atoms with van der Waals surface area (Å²) in [5, 5.41) is 3.17. The van der Waals surface area contributed by atoms with Gasteiger partial charge in [0.2, 0.25) is 0 Å². The van der Waals surface area contributed by atoms with Crippen molar-refractivity contribution in [2.75, 3.05) is 11.4 Å². The summed E-state index contributed by atoms with van der Waals surface area (Å²) in [6.45, 7) is 6.60. The average Bonchev–Trinajstić information content (AvgIpc) is 3.08. The molecule has 0 spiro atoms. The minimum absolute atomic E-state index is 0.367. The molecule has 1 saturated carbocycles. The SMILES string of the molecule is CC(C)(C)OC(=O)NC1(c2ccc(-c3nc4cc(N5C=CC=CCC5)ccn4c3-c3ccccc3)cc2)CCC1. The lowest BCUT2D eigenvalue weighted by Crippen LogP contribution is -2.52. The van der Waals surface area contributed by atoms with Crippen molar-refractivity contribution in [3.05, 3.63) is 103 Å². The van der Waals surface area contributed by atoms with Crippen LogP contribution in [0.5, 0.6) is 0 Å². The number of ether oxygens (including phenoxy) is 1. The second-order valence-electron chi connectivity index (χ2n) is 11.7. The number of allylic oxidation sites excluding steroid dienone is 2. The van der Waals surface area contributed by atoms with E-state index in [9.17, 15) is 4.79 Å². The van der Waals surface area contributed by atoms with Crippen LogP contribution in [0, 0.1) is 0 Å². The zero-order valence-corrected chi connectivity index (χ0v) is 23.4. The first kappa shape index (κ1) is 25.9. The summed E-state index contributed by atoms with van der Waals surface area (Å²) in [6.07, 6.45) is 14.1. The molecule has 0 saturated heterocycles. The molecule has 4 aromatic rings. The number of carbonyl (C=O) groups excluding carboxylic acids is 1. The molecule has 6 nitrogen and oxygen atoms in total. The predicted octanol–water partition coefficient (Wildman–Crippen LogP) is 7.85. The fraction of sp³-hybridized carbons (Fsp3) is 0.294. The van der Waals surface area contributed by atoms with Crippen molar-refractivity contribution in [2.24, 2.45) is 0 Å². The lowest BCUT2D eigenvalue weighted by Gasteiger charge is -2.43. The van der Waals surface area contributed by atoms with Gasteiger partial charge in [0.05, 0.1) is 16.9 Å². The highest BCUT2D eigenvalue weighted by Crippen LogP contribution is 2.42. The van der Waals surface area contributed by atoms with Gasteiger partial charge in [0.25, 0.3) is 0 Å². The van der Waals surface area contributed by atoms with Crippen LogP contribution < -0.4 is 10.2 Å². The molecular weight excluding hydrogens is 496 g/mol. The van der Waals surface area contributed by atoms with E-state index in [4.69, 9.17) is 9.72 Å². The molecule has 6 heteroatoms. The van der Waals surface area contributed by atoms with Crippen molar-refractivity contribution >= 4 is 17.4 Å². The number of alkyl carbamates (subject to hydrolysis) is 1. The fourth-order valence-corrected chi connectivity index (χ4v) is 5.58. The number of hydrogen-bond acceptors (Lipinski definition) is 4. The normalized spacial score (nSPS) is 16.4. The van der Waals surface area contributed by atoms with Crippen LogP contribution in [0.3, 0.4) is 0 Å². The zero-order chi connectivity index (χ0) is 27.7. The molecule has 1 amide bonds. The number of anilines is 1. The lowest BCUT2D eigenvalue weighted by molar-refractivity contribution is 0.0377. The molecule has 0 bridgehead atoms. The molecule has 0 atom stereocenters. The first-order valence-corrected chi connectivity index (χ1v) is 14.1. The number of pyridine rings is 1. The Morgan fingerprint density at radius 1 is 0.975 bits per heavy atom. The van der Waals surface area contributed by atoms with E-state index < -0.39 is 5.60 Å². The zero-order valence-electron chi connectivity index (χ0n) is 23.4. The Labute approximate surface area is 236 Å². The second kappa shape index (κ2) is 10.3. The molecule has 204 valence electrons. The van der Waals surface area contributed by atoms with E-state index >= 15 is 0 Å². The topological polar surface area (TPSA) is 58.9 Å². The van der Waals surface area contributed by atoms with Crippen LogP contribution in [0.1, 0.15) is 52.0 Å². The average molecular weight is 533 g/mol. The maximum absolute atomic E-state index is 12.6. The number of imidazole rings is 1. The van der Waals surface area contributed by atoms with Gasteiger partial charge >= 0.3 is 6.09 Å². The number of benzene rings is 2. The second-order valence-corrected chi connectivity index (χ2v) is 11.7. The first-order valence-electron chi connectivity index (χ1n) is 14.1. The highest BCUT2D eigenvalue weighted by atomic mass is 16.6. The Morgan fingerprint density at radius 3 is 2.45 bits per heavy atom. The van der Waals surface area contributed by atoms with E-state index in [1.54, 1.807) is 0 Å². The molecule has 1 N–H and O–H groups in total. The molecule has 1 aliphatic carbocycles. The molecule has 0 unspecified atom stereocenters. The van der Waals surface area contributed by atoms with Gasteiger partial charge in [0, 0.05) is 41.8 Å². The predicted molar refractivity (Wildman–Crippen MR) is 161 cm³/mol. The van der Waals surface area contributed by atoms with Crippen LogP contribution in [0.15, 0.2) is 97.4 Å². The van der Waals surface area contributed by atoms with Crippen LogP contribution in [0.4, 0.5) is 10.5 Å². The molecule has 6 rings (SSSR count). The Morgan fingerprint density at radius 2 is 1.75 bits per heavy atom. The Balaban J connectivity index is 1.37. The molecule has 3 heterocycles. The van der Waals surface area contributed by atoms with Crippen molar-refractivity contribution < 1.29 is 9.53 Å². The van der Waals surface area contributed by atoms with E-state index in [2.05, 4.69) is 106 Å². The minimum Gasteiger partial charge on any atom is -0.444 e. The third-order valence-corrected chi connectivity index (χ3v) is 7.70. The summed E-state index contributed by atoms with van der Waals surface area (Å²) < 4.78 is 7.75. The van der Waals surface area contributed by atoms with Gasteiger partial charge in [-0.2, -0.15) is 0 Å². The maximum Gasteiger partial charge on any atom is 0.408 e. The lowest BCUT2D eigenvalue weighted by atomic mass is 9.71. The van der Waals surface area contributed by atoms with Crippen molar-refractivity contribution in [3.8, 4) is 22.5 Å². The summed E-state index contributed by atoms with van der Waals surface area (Å²) in [7, 11) is 0. The molecule has 1 fully saturated rings. The van der Waals surface area contributed by atoms with Crippen LogP contribution in [-0.4, -0.2) is 27.6 Å². The Hall–Kier alpha value is -4.32. The van der Waals surface area contributed by atoms with Gasteiger partial charge < -0.3 is 15.0 Å². The number of amides is 1. The van der Waals surface area contributed by atoms with Gasteiger partial charge in [-0.05, 0) is 64.2 Å². The van der Waals surface area contributed by atoms with Crippen LogP contribution in [0.25, 0.3) is 28.2 Å². The molecular formula is C34H36N4O2. The summed E-state index contributed by atoms with van der Waals surface area (Å²) in [6, 6.07) is 23.3. The first-order chi connectivity index (χ1) is 19.3. The number of hydrogen-bond donors (Lipinski definition) is 1. The third-order valence-electron chi connectivity index (χ3n) is 7.70. The number of rotatable bonds is 5. The molecule has 1 aliphatic heterocycles. The van der Waals surface area contributed by atoms with Crippen molar-refractivity contribution in [3.63, 3.8) is 0 Å². The van der Waals surface area contributed by atoms with Gasteiger partial charge in [-0.1, -0.05) is 66.7 Å². The van der Waals surface area contributed by atoms with E-state index in [0.29, 0.717) is 0 Å². The smallest absolute Gasteiger partial charge is 0.408 e. The van der Waals surface area contributed by atoms with Gasteiger partial charge in [-0.25, -0.2) is 9.78 Å². The summed E-state index contributed by atoms with van der Waals surface area (Å²) in [5.41, 5.74) is 6.37. The van der Waals surface area contributed by atoms with Crippen LogP contribution >= 0.6 is 0 Å². The highest BCUT2D eigenvalue weighted by Gasteiger charge is 2.41. The third kappa shape index (κ3) is 5.14. The number of carbonyl (C=O) groups is 1. The van der Waals surface area contributed by atoms with E-state index in [1.807, 2.05) is 26.8 Å². The molecule has 0 radical (unpaired) electrons. The van der Waals surface area contributed by atoms with Crippen molar-refractivity contribution in [1.82, 2.24) is 14.7 Å².